The molecule has 24 heavy (non-hydrogen) atoms. The van der Waals surface area contributed by atoms with Crippen molar-refractivity contribution in [1.82, 2.24) is 15.1 Å². The van der Waals surface area contributed by atoms with Crippen LogP contribution < -0.4 is 10.2 Å². The first-order valence-corrected chi connectivity index (χ1v) is 8.18. The fourth-order valence-corrected chi connectivity index (χ4v) is 3.07. The highest BCUT2D eigenvalue weighted by Crippen LogP contribution is 2.22. The van der Waals surface area contributed by atoms with Gasteiger partial charge in [-0.3, -0.25) is 9.59 Å². The Hall–Kier alpha value is -2.57. The van der Waals surface area contributed by atoms with E-state index in [4.69, 9.17) is 0 Å². The van der Waals surface area contributed by atoms with Crippen LogP contribution in [-0.2, 0) is 9.59 Å². The molecule has 1 aromatic rings. The van der Waals surface area contributed by atoms with Crippen LogP contribution in [-0.4, -0.2) is 66.9 Å². The second-order valence-electron chi connectivity index (χ2n) is 6.32. The Balaban J connectivity index is 1.55. The molecule has 2 aliphatic heterocycles. The van der Waals surface area contributed by atoms with Gasteiger partial charge < -0.3 is 20.0 Å². The molecule has 0 spiro atoms. The molecule has 0 unspecified atom stereocenters. The van der Waals surface area contributed by atoms with Gasteiger partial charge in [-0.25, -0.2) is 4.79 Å². The smallest absolute Gasteiger partial charge is 0.317 e. The monoisotopic (exact) mass is 330 g/mol. The van der Waals surface area contributed by atoms with Gasteiger partial charge >= 0.3 is 6.03 Å². The van der Waals surface area contributed by atoms with Crippen LogP contribution in [0, 0.1) is 6.92 Å². The summed E-state index contributed by atoms with van der Waals surface area (Å²) >= 11 is 0. The second kappa shape index (κ2) is 6.90. The molecule has 0 aromatic heterocycles. The topological polar surface area (TPSA) is 73.0 Å². The lowest BCUT2D eigenvalue weighted by molar-refractivity contribution is -0.119. The van der Waals surface area contributed by atoms with E-state index in [1.807, 2.05) is 31.2 Å². The molecule has 0 aliphatic carbocycles. The third kappa shape index (κ3) is 3.50. The molecule has 1 atom stereocenters. The molecule has 1 N–H and O–H groups in total. The Labute approximate surface area is 141 Å². The van der Waals surface area contributed by atoms with E-state index in [-0.39, 0.29) is 18.0 Å². The van der Waals surface area contributed by atoms with E-state index in [1.54, 1.807) is 14.7 Å². The van der Waals surface area contributed by atoms with E-state index in [2.05, 4.69) is 5.32 Å². The molecular weight excluding hydrogens is 308 g/mol. The van der Waals surface area contributed by atoms with Crippen molar-refractivity contribution in [3.63, 3.8) is 0 Å². The summed E-state index contributed by atoms with van der Waals surface area (Å²) in [6.45, 7) is 4.64. The van der Waals surface area contributed by atoms with Gasteiger partial charge in [0.25, 0.3) is 0 Å². The predicted octanol–water partition coefficient (Wildman–Crippen LogP) is 0.584. The highest BCUT2D eigenvalue weighted by atomic mass is 16.2. The number of aryl methyl sites for hydroxylation is 1. The van der Waals surface area contributed by atoms with Crippen molar-refractivity contribution >= 4 is 24.0 Å². The van der Waals surface area contributed by atoms with Crippen molar-refractivity contribution < 1.29 is 14.4 Å². The van der Waals surface area contributed by atoms with E-state index >= 15 is 0 Å². The summed E-state index contributed by atoms with van der Waals surface area (Å²) in [7, 11) is 0. The Morgan fingerprint density at radius 2 is 1.83 bits per heavy atom. The van der Waals surface area contributed by atoms with Crippen LogP contribution in [0.1, 0.15) is 12.0 Å². The van der Waals surface area contributed by atoms with Crippen LogP contribution in [0.15, 0.2) is 24.3 Å². The summed E-state index contributed by atoms with van der Waals surface area (Å²) in [5, 5.41) is 2.94. The summed E-state index contributed by atoms with van der Waals surface area (Å²) in [6.07, 6.45) is 1.12. The summed E-state index contributed by atoms with van der Waals surface area (Å²) < 4.78 is 0. The first kappa shape index (κ1) is 16.3. The number of rotatable bonds is 3. The molecule has 2 fully saturated rings. The van der Waals surface area contributed by atoms with Gasteiger partial charge in [0.2, 0.25) is 12.3 Å². The zero-order valence-corrected chi connectivity index (χ0v) is 13.8. The number of benzene rings is 1. The van der Waals surface area contributed by atoms with Gasteiger partial charge in [-0.2, -0.15) is 0 Å². The first-order chi connectivity index (χ1) is 11.6. The van der Waals surface area contributed by atoms with E-state index in [0.717, 1.165) is 17.7 Å². The Morgan fingerprint density at radius 1 is 1.17 bits per heavy atom. The summed E-state index contributed by atoms with van der Waals surface area (Å²) in [6, 6.07) is 7.45. The number of piperazine rings is 1. The lowest BCUT2D eigenvalue weighted by Crippen LogP contribution is -2.53. The predicted molar refractivity (Wildman–Crippen MR) is 89.7 cm³/mol. The number of carbonyl (C=O) groups is 3. The second-order valence-corrected chi connectivity index (χ2v) is 6.32. The first-order valence-electron chi connectivity index (χ1n) is 8.18. The van der Waals surface area contributed by atoms with Gasteiger partial charge in [0.15, 0.2) is 0 Å². The number of hydrogen-bond donors (Lipinski definition) is 1. The summed E-state index contributed by atoms with van der Waals surface area (Å²) in [4.78, 5) is 40.3. The molecule has 7 heteroatoms. The third-order valence-electron chi connectivity index (χ3n) is 4.55. The summed E-state index contributed by atoms with van der Waals surface area (Å²) in [5.41, 5.74) is 2.01. The largest absolute Gasteiger partial charge is 0.342 e. The maximum Gasteiger partial charge on any atom is 0.317 e. The quantitative estimate of drug-likeness (QED) is 0.824. The van der Waals surface area contributed by atoms with E-state index < -0.39 is 0 Å². The maximum absolute atomic E-state index is 12.3. The van der Waals surface area contributed by atoms with Gasteiger partial charge in [-0.1, -0.05) is 17.7 Å². The van der Waals surface area contributed by atoms with Crippen LogP contribution >= 0.6 is 0 Å². The molecular formula is C17H22N4O3. The lowest BCUT2D eigenvalue weighted by Gasteiger charge is -2.33. The van der Waals surface area contributed by atoms with Crippen molar-refractivity contribution in [3.8, 4) is 0 Å². The zero-order valence-electron chi connectivity index (χ0n) is 13.8. The molecule has 1 aromatic carbocycles. The van der Waals surface area contributed by atoms with Crippen molar-refractivity contribution in [1.29, 1.82) is 0 Å². The van der Waals surface area contributed by atoms with Crippen LogP contribution in [0.5, 0.6) is 0 Å². The highest BCUT2D eigenvalue weighted by Gasteiger charge is 2.32. The van der Waals surface area contributed by atoms with E-state index in [1.165, 1.54) is 0 Å². The SMILES string of the molecule is Cc1ccc(N2C[C@H](NC(=O)N3CCN(C=O)CC3)CC2=O)cc1. The van der Waals surface area contributed by atoms with Crippen LogP contribution in [0.25, 0.3) is 0 Å². The minimum absolute atomic E-state index is 0.0231. The van der Waals surface area contributed by atoms with Crippen LogP contribution in [0.4, 0.5) is 10.5 Å². The fraction of sp³-hybridized carbons (Fsp3) is 0.471. The molecule has 7 nitrogen and oxygen atoms in total. The molecule has 4 amide bonds. The Morgan fingerprint density at radius 3 is 2.46 bits per heavy atom. The van der Waals surface area contributed by atoms with Crippen molar-refractivity contribution in [2.45, 2.75) is 19.4 Å². The van der Waals surface area contributed by atoms with Gasteiger partial charge in [-0.15, -0.1) is 0 Å². The molecule has 0 radical (unpaired) electrons. The fourth-order valence-electron chi connectivity index (χ4n) is 3.07. The number of amides is 4. The van der Waals surface area contributed by atoms with Crippen LogP contribution in [0.3, 0.4) is 0 Å². The molecule has 0 bridgehead atoms. The van der Waals surface area contributed by atoms with Gasteiger partial charge in [0.05, 0.1) is 6.04 Å². The molecule has 2 saturated heterocycles. The van der Waals surface area contributed by atoms with Crippen molar-refractivity contribution in [2.75, 3.05) is 37.6 Å². The molecule has 3 rings (SSSR count). The average Bonchev–Trinajstić information content (AvgIpc) is 2.96. The van der Waals surface area contributed by atoms with Crippen molar-refractivity contribution in [2.24, 2.45) is 0 Å². The number of carbonyl (C=O) groups excluding carboxylic acids is 3. The molecule has 0 saturated carbocycles. The van der Waals surface area contributed by atoms with Gasteiger partial charge in [0, 0.05) is 44.8 Å². The normalized spacial score (nSPS) is 21.1. The molecule has 2 aliphatic rings. The maximum atomic E-state index is 12.3. The van der Waals surface area contributed by atoms with Crippen LogP contribution in [0.2, 0.25) is 0 Å². The number of nitrogens with one attached hydrogen (secondary N) is 1. The zero-order chi connectivity index (χ0) is 17.1. The third-order valence-corrected chi connectivity index (χ3v) is 4.55. The Kier molecular flexibility index (Phi) is 4.69. The standard InChI is InChI=1S/C17H22N4O3/c1-13-2-4-15(5-3-13)21-11-14(10-16(21)23)18-17(24)20-8-6-19(12-22)7-9-20/h2-5,12,14H,6-11H2,1H3,(H,18,24)/t14-/m1/s1. The lowest BCUT2D eigenvalue weighted by atomic mass is 10.2. The Bertz CT molecular complexity index is 623. The van der Waals surface area contributed by atoms with Gasteiger partial charge in [-0.05, 0) is 19.1 Å². The number of hydrogen-bond acceptors (Lipinski definition) is 3. The van der Waals surface area contributed by atoms with Crippen molar-refractivity contribution in [3.05, 3.63) is 29.8 Å². The number of nitrogens with zero attached hydrogens (tertiary/aromatic N) is 3. The summed E-state index contributed by atoms with van der Waals surface area (Å²) in [5.74, 6) is 0.0231. The average molecular weight is 330 g/mol. The van der Waals surface area contributed by atoms with E-state index in [9.17, 15) is 14.4 Å². The molecule has 128 valence electrons. The molecule has 2 heterocycles. The minimum Gasteiger partial charge on any atom is -0.342 e. The number of urea groups is 1. The van der Waals surface area contributed by atoms with Gasteiger partial charge in [0.1, 0.15) is 0 Å². The minimum atomic E-state index is -0.185. The van der Waals surface area contributed by atoms with E-state index in [0.29, 0.717) is 39.1 Å². The number of anilines is 1. The highest BCUT2D eigenvalue weighted by molar-refractivity contribution is 5.96.